The summed E-state index contributed by atoms with van der Waals surface area (Å²) in [5.41, 5.74) is -0.0162. The number of hydrogen-bond donors (Lipinski definition) is 2. The van der Waals surface area contributed by atoms with Crippen LogP contribution < -0.4 is 0 Å². The highest BCUT2D eigenvalue weighted by Gasteiger charge is 2.25. The molecule has 2 N–H and O–H groups in total. The fraction of sp³-hybridized carbons (Fsp3) is 1.00. The van der Waals surface area contributed by atoms with Gasteiger partial charge in [-0.3, -0.25) is 0 Å². The molecule has 0 aliphatic carbocycles. The fourth-order valence-electron chi connectivity index (χ4n) is 2.14. The van der Waals surface area contributed by atoms with Gasteiger partial charge in [-0.1, -0.05) is 33.6 Å². The number of nitrogens with zero attached hydrogens (tertiary/aromatic N) is 1. The van der Waals surface area contributed by atoms with Crippen molar-refractivity contribution in [2.24, 2.45) is 5.41 Å². The van der Waals surface area contributed by atoms with E-state index in [0.717, 1.165) is 38.9 Å². The number of unbranched alkanes of at least 4 members (excludes halogenated alkanes) is 1. The maximum Gasteiger partial charge on any atom is 0.0558 e. The highest BCUT2D eigenvalue weighted by molar-refractivity contribution is 4.77. The van der Waals surface area contributed by atoms with Crippen molar-refractivity contribution < 1.29 is 10.2 Å². The average molecular weight is 231 g/mol. The summed E-state index contributed by atoms with van der Waals surface area (Å²) in [6, 6.07) is 0. The number of rotatable bonds is 10. The Bertz CT molecular complexity index is 164. The average Bonchev–Trinajstić information content (AvgIpc) is 2.26. The second-order valence-corrected chi connectivity index (χ2v) is 5.07. The SMILES string of the molecule is CCCCN(CCO)CC(C)(CO)CCC. The third kappa shape index (κ3) is 6.46. The Balaban J connectivity index is 4.20. The maximum absolute atomic E-state index is 9.47. The lowest BCUT2D eigenvalue weighted by atomic mass is 9.86. The molecule has 0 radical (unpaired) electrons. The molecule has 0 aromatic carbocycles. The molecule has 0 bridgehead atoms. The molecule has 0 saturated heterocycles. The zero-order chi connectivity index (χ0) is 12.4. The van der Waals surface area contributed by atoms with Crippen molar-refractivity contribution in [3.05, 3.63) is 0 Å². The van der Waals surface area contributed by atoms with Crippen LogP contribution in [0.15, 0.2) is 0 Å². The smallest absolute Gasteiger partial charge is 0.0558 e. The third-order valence-electron chi connectivity index (χ3n) is 3.08. The molecule has 98 valence electrons. The first-order valence-corrected chi connectivity index (χ1v) is 6.56. The highest BCUT2D eigenvalue weighted by Crippen LogP contribution is 2.24. The summed E-state index contributed by atoms with van der Waals surface area (Å²) in [6.07, 6.45) is 4.47. The van der Waals surface area contributed by atoms with Crippen molar-refractivity contribution in [1.82, 2.24) is 4.90 Å². The molecule has 0 rings (SSSR count). The van der Waals surface area contributed by atoms with Crippen LogP contribution in [0.5, 0.6) is 0 Å². The van der Waals surface area contributed by atoms with Crippen molar-refractivity contribution >= 4 is 0 Å². The Morgan fingerprint density at radius 3 is 2.19 bits per heavy atom. The van der Waals surface area contributed by atoms with Crippen LogP contribution in [0.2, 0.25) is 0 Å². The molecular weight excluding hydrogens is 202 g/mol. The van der Waals surface area contributed by atoms with Crippen molar-refractivity contribution in [1.29, 1.82) is 0 Å². The molecule has 0 spiro atoms. The molecule has 0 heterocycles. The summed E-state index contributed by atoms with van der Waals surface area (Å²) < 4.78 is 0. The lowest BCUT2D eigenvalue weighted by Crippen LogP contribution is -2.40. The number of hydrogen-bond acceptors (Lipinski definition) is 3. The number of aliphatic hydroxyl groups excluding tert-OH is 2. The lowest BCUT2D eigenvalue weighted by molar-refractivity contribution is 0.0702. The van der Waals surface area contributed by atoms with E-state index in [1.807, 2.05) is 0 Å². The van der Waals surface area contributed by atoms with E-state index in [-0.39, 0.29) is 18.6 Å². The van der Waals surface area contributed by atoms with E-state index in [1.165, 1.54) is 6.42 Å². The normalized spacial score (nSPS) is 15.4. The largest absolute Gasteiger partial charge is 0.396 e. The zero-order valence-corrected chi connectivity index (χ0v) is 11.2. The van der Waals surface area contributed by atoms with Gasteiger partial charge in [-0.2, -0.15) is 0 Å². The lowest BCUT2D eigenvalue weighted by Gasteiger charge is -2.34. The first-order valence-electron chi connectivity index (χ1n) is 6.56. The predicted octanol–water partition coefficient (Wildman–Crippen LogP) is 1.88. The van der Waals surface area contributed by atoms with E-state index in [0.29, 0.717) is 0 Å². The van der Waals surface area contributed by atoms with Gasteiger partial charge in [0.1, 0.15) is 0 Å². The molecule has 1 atom stereocenters. The van der Waals surface area contributed by atoms with Gasteiger partial charge in [0.25, 0.3) is 0 Å². The molecule has 0 amide bonds. The molecule has 0 saturated carbocycles. The molecule has 0 aromatic heterocycles. The second-order valence-electron chi connectivity index (χ2n) is 5.07. The van der Waals surface area contributed by atoms with Crippen LogP contribution in [0.4, 0.5) is 0 Å². The first-order chi connectivity index (χ1) is 7.61. The van der Waals surface area contributed by atoms with Gasteiger partial charge in [0.05, 0.1) is 6.61 Å². The van der Waals surface area contributed by atoms with Crippen LogP contribution in [0, 0.1) is 5.41 Å². The minimum absolute atomic E-state index is 0.0162. The minimum atomic E-state index is -0.0162. The van der Waals surface area contributed by atoms with Crippen molar-refractivity contribution in [3.63, 3.8) is 0 Å². The van der Waals surface area contributed by atoms with Crippen LogP contribution >= 0.6 is 0 Å². The van der Waals surface area contributed by atoms with Crippen molar-refractivity contribution in [2.45, 2.75) is 46.5 Å². The summed E-state index contributed by atoms with van der Waals surface area (Å²) in [5, 5.41) is 18.5. The second kappa shape index (κ2) is 8.97. The molecule has 3 heteroatoms. The monoisotopic (exact) mass is 231 g/mol. The zero-order valence-electron chi connectivity index (χ0n) is 11.2. The van der Waals surface area contributed by atoms with Crippen LogP contribution in [0.1, 0.15) is 46.5 Å². The first kappa shape index (κ1) is 15.9. The summed E-state index contributed by atoms with van der Waals surface area (Å²) in [7, 11) is 0. The van der Waals surface area contributed by atoms with E-state index in [1.54, 1.807) is 0 Å². The Hall–Kier alpha value is -0.120. The van der Waals surface area contributed by atoms with Crippen LogP contribution in [-0.2, 0) is 0 Å². The predicted molar refractivity (Wildman–Crippen MR) is 68.5 cm³/mol. The van der Waals surface area contributed by atoms with Gasteiger partial charge in [0.15, 0.2) is 0 Å². The van der Waals surface area contributed by atoms with E-state index in [9.17, 15) is 5.11 Å². The molecule has 16 heavy (non-hydrogen) atoms. The summed E-state index contributed by atoms with van der Waals surface area (Å²) in [6.45, 7) is 9.53. The Morgan fingerprint density at radius 1 is 1.06 bits per heavy atom. The quantitative estimate of drug-likeness (QED) is 0.603. The van der Waals surface area contributed by atoms with Gasteiger partial charge in [-0.05, 0) is 19.4 Å². The van der Waals surface area contributed by atoms with E-state index in [4.69, 9.17) is 5.11 Å². The van der Waals surface area contributed by atoms with Gasteiger partial charge in [0.2, 0.25) is 0 Å². The van der Waals surface area contributed by atoms with Crippen LogP contribution in [0.3, 0.4) is 0 Å². The van der Waals surface area contributed by atoms with E-state index >= 15 is 0 Å². The van der Waals surface area contributed by atoms with Crippen molar-refractivity contribution in [2.75, 3.05) is 32.8 Å². The summed E-state index contributed by atoms with van der Waals surface area (Å²) >= 11 is 0. The molecule has 3 nitrogen and oxygen atoms in total. The molecule has 0 fully saturated rings. The summed E-state index contributed by atoms with van der Waals surface area (Å²) in [5.74, 6) is 0. The van der Waals surface area contributed by atoms with Gasteiger partial charge >= 0.3 is 0 Å². The van der Waals surface area contributed by atoms with E-state index < -0.39 is 0 Å². The Kier molecular flexibility index (Phi) is 8.90. The van der Waals surface area contributed by atoms with Gasteiger partial charge < -0.3 is 15.1 Å². The minimum Gasteiger partial charge on any atom is -0.396 e. The Morgan fingerprint density at radius 2 is 1.75 bits per heavy atom. The van der Waals surface area contributed by atoms with Crippen LogP contribution in [0.25, 0.3) is 0 Å². The van der Waals surface area contributed by atoms with Gasteiger partial charge in [-0.15, -0.1) is 0 Å². The van der Waals surface area contributed by atoms with E-state index in [2.05, 4.69) is 25.7 Å². The molecular formula is C13H29NO2. The van der Waals surface area contributed by atoms with Crippen molar-refractivity contribution in [3.8, 4) is 0 Å². The van der Waals surface area contributed by atoms with Crippen LogP contribution in [-0.4, -0.2) is 48.0 Å². The third-order valence-corrected chi connectivity index (χ3v) is 3.08. The fourth-order valence-corrected chi connectivity index (χ4v) is 2.14. The molecule has 1 unspecified atom stereocenters. The topological polar surface area (TPSA) is 43.7 Å². The molecule has 0 aliphatic heterocycles. The highest BCUT2D eigenvalue weighted by atomic mass is 16.3. The molecule has 0 aromatic rings. The number of aliphatic hydroxyl groups is 2. The molecule has 0 aliphatic rings. The summed E-state index contributed by atoms with van der Waals surface area (Å²) in [4.78, 5) is 2.27. The Labute approximate surface area is 100 Å². The van der Waals surface area contributed by atoms with Gasteiger partial charge in [0, 0.05) is 25.1 Å². The maximum atomic E-state index is 9.47. The van der Waals surface area contributed by atoms with Gasteiger partial charge in [-0.25, -0.2) is 0 Å². The standard InChI is InChI=1S/C13H29NO2/c1-4-6-8-14(9-10-15)11-13(3,12-16)7-5-2/h15-16H,4-12H2,1-3H3.